The van der Waals surface area contributed by atoms with E-state index in [4.69, 9.17) is 0 Å². The molecule has 0 saturated carbocycles. The van der Waals surface area contributed by atoms with Gasteiger partial charge in [0, 0.05) is 12.3 Å². The van der Waals surface area contributed by atoms with Crippen LogP contribution >= 0.6 is 0 Å². The van der Waals surface area contributed by atoms with Crippen molar-refractivity contribution < 1.29 is 0 Å². The summed E-state index contributed by atoms with van der Waals surface area (Å²) in [4.78, 5) is 4.56. The zero-order valence-corrected chi connectivity index (χ0v) is 10.1. The SMILES string of the molecule is CCCC(=NCC)c1ccc(CC)cc1. The zero-order chi connectivity index (χ0) is 11.1. The molecule has 0 aliphatic rings. The summed E-state index contributed by atoms with van der Waals surface area (Å²) in [7, 11) is 0. The minimum atomic E-state index is 0.880. The lowest BCUT2D eigenvalue weighted by molar-refractivity contribution is 0.975. The summed E-state index contributed by atoms with van der Waals surface area (Å²) in [5.74, 6) is 0. The highest BCUT2D eigenvalue weighted by atomic mass is 14.7. The van der Waals surface area contributed by atoms with Gasteiger partial charge in [-0.15, -0.1) is 0 Å². The monoisotopic (exact) mass is 203 g/mol. The Bertz CT molecular complexity index is 309. The first-order chi connectivity index (χ1) is 7.31. The van der Waals surface area contributed by atoms with Gasteiger partial charge in [0.05, 0.1) is 0 Å². The molecule has 1 rings (SSSR count). The van der Waals surface area contributed by atoms with E-state index in [-0.39, 0.29) is 0 Å². The molecule has 15 heavy (non-hydrogen) atoms. The van der Waals surface area contributed by atoms with Gasteiger partial charge in [-0.2, -0.15) is 0 Å². The number of nitrogens with zero attached hydrogens (tertiary/aromatic N) is 1. The second kappa shape index (κ2) is 6.39. The molecule has 0 fully saturated rings. The molecule has 0 unspecified atom stereocenters. The third kappa shape index (κ3) is 3.50. The van der Waals surface area contributed by atoms with Gasteiger partial charge >= 0.3 is 0 Å². The minimum Gasteiger partial charge on any atom is -0.289 e. The van der Waals surface area contributed by atoms with Crippen molar-refractivity contribution >= 4 is 5.71 Å². The highest BCUT2D eigenvalue weighted by molar-refractivity contribution is 6.00. The number of hydrogen-bond donors (Lipinski definition) is 0. The van der Waals surface area contributed by atoms with Crippen molar-refractivity contribution in [2.45, 2.75) is 40.0 Å². The van der Waals surface area contributed by atoms with Crippen LogP contribution in [0, 0.1) is 0 Å². The van der Waals surface area contributed by atoms with Gasteiger partial charge in [-0.05, 0) is 30.9 Å². The molecular weight excluding hydrogens is 182 g/mol. The molecule has 82 valence electrons. The van der Waals surface area contributed by atoms with Crippen molar-refractivity contribution in [3.8, 4) is 0 Å². The molecule has 1 aromatic rings. The molecule has 0 atom stereocenters. The van der Waals surface area contributed by atoms with E-state index < -0.39 is 0 Å². The molecule has 1 aromatic carbocycles. The average Bonchev–Trinajstić information content (AvgIpc) is 2.29. The van der Waals surface area contributed by atoms with E-state index in [1.54, 1.807) is 0 Å². The summed E-state index contributed by atoms with van der Waals surface area (Å²) in [6.45, 7) is 7.36. The molecule has 1 heteroatoms. The van der Waals surface area contributed by atoms with E-state index in [0.29, 0.717) is 0 Å². The first-order valence-corrected chi connectivity index (χ1v) is 5.94. The maximum Gasteiger partial charge on any atom is 0.0420 e. The third-order valence-electron chi connectivity index (χ3n) is 2.53. The van der Waals surface area contributed by atoms with Crippen LogP contribution in [0.4, 0.5) is 0 Å². The van der Waals surface area contributed by atoms with Crippen LogP contribution in [0.15, 0.2) is 29.3 Å². The van der Waals surface area contributed by atoms with Crippen molar-refractivity contribution in [1.82, 2.24) is 0 Å². The molecule has 1 nitrogen and oxygen atoms in total. The number of benzene rings is 1. The van der Waals surface area contributed by atoms with Crippen LogP contribution in [0.2, 0.25) is 0 Å². The number of aryl methyl sites for hydroxylation is 1. The lowest BCUT2D eigenvalue weighted by Gasteiger charge is -2.06. The fourth-order valence-corrected chi connectivity index (χ4v) is 1.68. The fourth-order valence-electron chi connectivity index (χ4n) is 1.68. The van der Waals surface area contributed by atoms with Crippen LogP contribution in [0.25, 0.3) is 0 Å². The first-order valence-electron chi connectivity index (χ1n) is 5.94. The smallest absolute Gasteiger partial charge is 0.0420 e. The number of aliphatic imine (C=N–C) groups is 1. The molecule has 0 N–H and O–H groups in total. The van der Waals surface area contributed by atoms with Gasteiger partial charge in [-0.3, -0.25) is 4.99 Å². The molecule has 0 bridgehead atoms. The molecule has 0 heterocycles. The van der Waals surface area contributed by atoms with E-state index >= 15 is 0 Å². The predicted molar refractivity (Wildman–Crippen MR) is 67.8 cm³/mol. The minimum absolute atomic E-state index is 0.880. The van der Waals surface area contributed by atoms with Gasteiger partial charge in [0.25, 0.3) is 0 Å². The van der Waals surface area contributed by atoms with Crippen molar-refractivity contribution in [2.24, 2.45) is 4.99 Å². The van der Waals surface area contributed by atoms with Crippen LogP contribution < -0.4 is 0 Å². The second-order valence-electron chi connectivity index (χ2n) is 3.72. The maximum absolute atomic E-state index is 4.56. The van der Waals surface area contributed by atoms with Crippen molar-refractivity contribution in [2.75, 3.05) is 6.54 Å². The van der Waals surface area contributed by atoms with E-state index in [2.05, 4.69) is 50.0 Å². The summed E-state index contributed by atoms with van der Waals surface area (Å²) >= 11 is 0. The summed E-state index contributed by atoms with van der Waals surface area (Å²) < 4.78 is 0. The Labute approximate surface area is 93.2 Å². The van der Waals surface area contributed by atoms with Gasteiger partial charge in [-0.1, -0.05) is 44.5 Å². The summed E-state index contributed by atoms with van der Waals surface area (Å²) in [5, 5.41) is 0. The summed E-state index contributed by atoms with van der Waals surface area (Å²) in [5.41, 5.74) is 3.93. The normalized spacial score (nSPS) is 11.8. The van der Waals surface area contributed by atoms with Crippen molar-refractivity contribution in [1.29, 1.82) is 0 Å². The molecule has 0 spiro atoms. The zero-order valence-electron chi connectivity index (χ0n) is 10.1. The van der Waals surface area contributed by atoms with Crippen molar-refractivity contribution in [3.05, 3.63) is 35.4 Å². The van der Waals surface area contributed by atoms with Crippen LogP contribution in [0.3, 0.4) is 0 Å². The molecule has 0 saturated heterocycles. The Morgan fingerprint density at radius 1 is 1.07 bits per heavy atom. The Morgan fingerprint density at radius 3 is 2.20 bits per heavy atom. The summed E-state index contributed by atoms with van der Waals surface area (Å²) in [6.07, 6.45) is 3.35. The largest absolute Gasteiger partial charge is 0.289 e. The van der Waals surface area contributed by atoms with Gasteiger partial charge in [0.2, 0.25) is 0 Å². The lowest BCUT2D eigenvalue weighted by Crippen LogP contribution is -2.01. The second-order valence-corrected chi connectivity index (χ2v) is 3.72. The van der Waals surface area contributed by atoms with Crippen molar-refractivity contribution in [3.63, 3.8) is 0 Å². The van der Waals surface area contributed by atoms with Crippen LogP contribution in [0.5, 0.6) is 0 Å². The molecule has 0 aliphatic heterocycles. The topological polar surface area (TPSA) is 12.4 Å². The standard InChI is InChI=1S/C14H21N/c1-4-7-14(15-6-3)13-10-8-12(5-2)9-11-13/h8-11H,4-7H2,1-3H3. The average molecular weight is 203 g/mol. The number of rotatable bonds is 5. The van der Waals surface area contributed by atoms with Crippen LogP contribution in [-0.2, 0) is 6.42 Å². The Balaban J connectivity index is 2.86. The van der Waals surface area contributed by atoms with Gasteiger partial charge in [-0.25, -0.2) is 0 Å². The van der Waals surface area contributed by atoms with E-state index in [0.717, 1.165) is 25.8 Å². The van der Waals surface area contributed by atoms with E-state index in [9.17, 15) is 0 Å². The van der Waals surface area contributed by atoms with E-state index in [1.807, 2.05) is 0 Å². The summed E-state index contributed by atoms with van der Waals surface area (Å²) in [6, 6.07) is 8.80. The quantitative estimate of drug-likeness (QED) is 0.644. The molecule has 0 aliphatic carbocycles. The van der Waals surface area contributed by atoms with E-state index in [1.165, 1.54) is 16.8 Å². The molecule has 0 radical (unpaired) electrons. The molecular formula is C14H21N. The predicted octanol–water partition coefficient (Wildman–Crippen LogP) is 3.86. The first kappa shape index (κ1) is 12.0. The highest BCUT2D eigenvalue weighted by Crippen LogP contribution is 2.09. The lowest BCUT2D eigenvalue weighted by atomic mass is 10.0. The fraction of sp³-hybridized carbons (Fsp3) is 0.500. The maximum atomic E-state index is 4.56. The van der Waals surface area contributed by atoms with Gasteiger partial charge in [0.15, 0.2) is 0 Å². The van der Waals surface area contributed by atoms with Crippen LogP contribution in [0.1, 0.15) is 44.7 Å². The Hall–Kier alpha value is -1.11. The van der Waals surface area contributed by atoms with Gasteiger partial charge in [0.1, 0.15) is 0 Å². The van der Waals surface area contributed by atoms with Gasteiger partial charge < -0.3 is 0 Å². The number of hydrogen-bond acceptors (Lipinski definition) is 1. The third-order valence-corrected chi connectivity index (χ3v) is 2.53. The molecule has 0 amide bonds. The highest BCUT2D eigenvalue weighted by Gasteiger charge is 2.01. The Morgan fingerprint density at radius 2 is 1.73 bits per heavy atom. The van der Waals surface area contributed by atoms with Crippen LogP contribution in [-0.4, -0.2) is 12.3 Å². The Kier molecular flexibility index (Phi) is 5.09. The molecule has 0 aromatic heterocycles.